The number of anilines is 1. The van der Waals surface area contributed by atoms with E-state index in [-0.39, 0.29) is 30.2 Å². The normalized spacial score (nSPS) is 31.7. The van der Waals surface area contributed by atoms with Crippen LogP contribution in [-0.4, -0.2) is 88.8 Å². The van der Waals surface area contributed by atoms with Gasteiger partial charge in [0.1, 0.15) is 17.4 Å². The van der Waals surface area contributed by atoms with Crippen molar-refractivity contribution in [1.82, 2.24) is 9.80 Å². The summed E-state index contributed by atoms with van der Waals surface area (Å²) in [5.74, 6) is -1.92. The molecule has 0 aromatic heterocycles. The zero-order chi connectivity index (χ0) is 29.5. The third-order valence-corrected chi connectivity index (χ3v) is 9.13. The van der Waals surface area contributed by atoms with E-state index in [1.54, 1.807) is 14.7 Å². The summed E-state index contributed by atoms with van der Waals surface area (Å²) in [4.78, 5) is 48.4. The molecule has 0 saturated carbocycles. The topological polar surface area (TPSA) is 99.6 Å². The van der Waals surface area contributed by atoms with Gasteiger partial charge in [-0.3, -0.25) is 14.4 Å². The Morgan fingerprint density at radius 1 is 1.00 bits per heavy atom. The molecule has 4 aliphatic rings. The van der Waals surface area contributed by atoms with Crippen molar-refractivity contribution in [3.63, 3.8) is 0 Å². The Labute approximate surface area is 242 Å². The quantitative estimate of drug-likeness (QED) is 0.462. The minimum Gasteiger partial charge on any atom is -0.494 e. The molecule has 41 heavy (non-hydrogen) atoms. The second-order valence-electron chi connectivity index (χ2n) is 12.1. The van der Waals surface area contributed by atoms with Gasteiger partial charge in [-0.25, -0.2) is 0 Å². The summed E-state index contributed by atoms with van der Waals surface area (Å²) in [6.07, 6.45) is 9.33. The largest absolute Gasteiger partial charge is 0.494 e. The molecule has 222 valence electrons. The van der Waals surface area contributed by atoms with Crippen molar-refractivity contribution in [2.75, 3.05) is 37.7 Å². The maximum absolute atomic E-state index is 14.6. The number of unbranched alkanes of at least 4 members (excludes halogenated alkanes) is 1. The van der Waals surface area contributed by atoms with E-state index in [1.165, 1.54) is 0 Å². The van der Waals surface area contributed by atoms with Crippen LogP contribution in [0.4, 0.5) is 5.69 Å². The van der Waals surface area contributed by atoms with E-state index in [4.69, 9.17) is 9.47 Å². The van der Waals surface area contributed by atoms with Gasteiger partial charge in [0.25, 0.3) is 0 Å². The highest BCUT2D eigenvalue weighted by atomic mass is 16.5. The van der Waals surface area contributed by atoms with Gasteiger partial charge >= 0.3 is 0 Å². The summed E-state index contributed by atoms with van der Waals surface area (Å²) in [7, 11) is 0. The van der Waals surface area contributed by atoms with Gasteiger partial charge in [0, 0.05) is 25.3 Å². The molecule has 1 spiro atoms. The van der Waals surface area contributed by atoms with E-state index in [9.17, 15) is 19.5 Å². The highest BCUT2D eigenvalue weighted by Gasteiger charge is 2.75. The van der Waals surface area contributed by atoms with Crippen LogP contribution in [0.2, 0.25) is 0 Å². The van der Waals surface area contributed by atoms with Crippen molar-refractivity contribution >= 4 is 23.4 Å². The van der Waals surface area contributed by atoms with Crippen LogP contribution in [-0.2, 0) is 19.1 Å². The van der Waals surface area contributed by atoms with Crippen molar-refractivity contribution in [2.24, 2.45) is 17.8 Å². The van der Waals surface area contributed by atoms with Gasteiger partial charge in [-0.15, -0.1) is 0 Å². The van der Waals surface area contributed by atoms with Crippen LogP contribution >= 0.6 is 0 Å². The molecule has 3 amide bonds. The number of nitrogens with zero attached hydrogens (tertiary/aromatic N) is 3. The molecule has 4 aliphatic heterocycles. The number of carbonyl (C=O) groups excluding carboxylic acids is 3. The van der Waals surface area contributed by atoms with E-state index in [1.807, 2.05) is 76.3 Å². The number of ether oxygens (including phenoxy) is 2. The van der Waals surface area contributed by atoms with Crippen molar-refractivity contribution in [1.29, 1.82) is 0 Å². The molecular weight excluding hydrogens is 522 g/mol. The molecule has 1 unspecified atom stereocenters. The molecule has 1 aromatic carbocycles. The SMILES string of the molecule is CCCCN1CC=C[C@]23O[C@]4(C)C=CCN(c5ccc(OCC)cc5)C(=O)[C@@H]4[C@H]2C(=O)N([C@@H](CO)C(C)C)C3C1=O. The van der Waals surface area contributed by atoms with Crippen LogP contribution in [0.1, 0.15) is 47.5 Å². The standard InChI is InChI=1S/C32H43N3O6/c1-6-8-17-33-18-10-16-32-26(29(38)35(27(32)30(33)39)24(20-36)21(3)4)25-28(37)34(19-9-15-31(25,5)41-32)22-11-13-23(14-12-22)40-7-2/h9-16,21,24-27,36H,6-8,17-20H2,1-5H3/t24-,25-,26-,27?,31+,32-/m0/s1. The summed E-state index contributed by atoms with van der Waals surface area (Å²) in [5, 5.41) is 10.4. The Hall–Kier alpha value is -3.17. The third kappa shape index (κ3) is 4.67. The van der Waals surface area contributed by atoms with Crippen LogP contribution in [0.15, 0.2) is 48.6 Å². The Morgan fingerprint density at radius 2 is 1.71 bits per heavy atom. The summed E-state index contributed by atoms with van der Waals surface area (Å²) in [6.45, 7) is 11.2. The van der Waals surface area contributed by atoms with Gasteiger partial charge in [-0.2, -0.15) is 0 Å². The van der Waals surface area contributed by atoms with E-state index in [2.05, 4.69) is 6.92 Å². The van der Waals surface area contributed by atoms with Crippen molar-refractivity contribution < 1.29 is 29.0 Å². The number of likely N-dealkylation sites (tertiary alicyclic amines) is 1. The van der Waals surface area contributed by atoms with Crippen molar-refractivity contribution in [3.05, 3.63) is 48.6 Å². The smallest absolute Gasteiger partial charge is 0.249 e. The molecule has 9 heteroatoms. The summed E-state index contributed by atoms with van der Waals surface area (Å²) < 4.78 is 12.5. The number of aliphatic hydroxyl groups excluding tert-OH is 1. The van der Waals surface area contributed by atoms with Crippen LogP contribution in [0, 0.1) is 17.8 Å². The number of rotatable bonds is 9. The van der Waals surface area contributed by atoms with Crippen molar-refractivity contribution in [3.8, 4) is 5.75 Å². The number of benzene rings is 1. The molecule has 5 rings (SSSR count). The Kier molecular flexibility index (Phi) is 8.05. The maximum Gasteiger partial charge on any atom is 0.249 e. The first-order valence-electron chi connectivity index (χ1n) is 14.9. The van der Waals surface area contributed by atoms with E-state index in [0.717, 1.165) is 12.8 Å². The van der Waals surface area contributed by atoms with E-state index >= 15 is 0 Å². The lowest BCUT2D eigenvalue weighted by molar-refractivity contribution is -0.155. The Balaban J connectivity index is 1.61. The van der Waals surface area contributed by atoms with E-state index in [0.29, 0.717) is 37.7 Å². The zero-order valence-electron chi connectivity index (χ0n) is 24.8. The lowest BCUT2D eigenvalue weighted by Gasteiger charge is -2.41. The molecule has 0 bridgehead atoms. The molecule has 0 aliphatic carbocycles. The molecule has 1 aromatic rings. The van der Waals surface area contributed by atoms with Crippen LogP contribution in [0.25, 0.3) is 0 Å². The first-order chi connectivity index (χ1) is 19.6. The number of fused-ring (bicyclic) bond motifs is 2. The lowest BCUT2D eigenvalue weighted by Crippen LogP contribution is -2.59. The zero-order valence-corrected chi connectivity index (χ0v) is 24.8. The monoisotopic (exact) mass is 565 g/mol. The highest BCUT2D eigenvalue weighted by molar-refractivity contribution is 6.04. The summed E-state index contributed by atoms with van der Waals surface area (Å²) >= 11 is 0. The van der Waals surface area contributed by atoms with Crippen molar-refractivity contribution in [2.45, 2.75) is 70.7 Å². The average Bonchev–Trinajstić information content (AvgIpc) is 3.21. The molecular formula is C32H43N3O6. The number of hydrogen-bond acceptors (Lipinski definition) is 6. The second kappa shape index (κ2) is 11.2. The fraction of sp³-hybridized carbons (Fsp3) is 0.594. The predicted molar refractivity (Wildman–Crippen MR) is 155 cm³/mol. The average molecular weight is 566 g/mol. The van der Waals surface area contributed by atoms with Gasteiger partial charge in [0.05, 0.1) is 36.7 Å². The number of hydrogen-bond donors (Lipinski definition) is 1. The van der Waals surface area contributed by atoms with Gasteiger partial charge in [-0.1, -0.05) is 51.5 Å². The summed E-state index contributed by atoms with van der Waals surface area (Å²) in [5.41, 5.74) is -1.74. The summed E-state index contributed by atoms with van der Waals surface area (Å²) in [6, 6.07) is 5.79. The third-order valence-electron chi connectivity index (χ3n) is 9.13. The first kappa shape index (κ1) is 29.3. The molecule has 4 heterocycles. The van der Waals surface area contributed by atoms with Gasteiger partial charge in [0.15, 0.2) is 0 Å². The van der Waals surface area contributed by atoms with Crippen LogP contribution < -0.4 is 9.64 Å². The molecule has 6 atom stereocenters. The molecule has 9 nitrogen and oxygen atoms in total. The fourth-order valence-electron chi connectivity index (χ4n) is 7.16. The minimum absolute atomic E-state index is 0.111. The molecule has 2 saturated heterocycles. The number of aliphatic hydroxyl groups is 1. The number of carbonyl (C=O) groups is 3. The Morgan fingerprint density at radius 3 is 2.34 bits per heavy atom. The Bertz CT molecular complexity index is 1230. The minimum atomic E-state index is -1.33. The molecule has 2 fully saturated rings. The van der Waals surface area contributed by atoms with Gasteiger partial charge in [-0.05, 0) is 50.5 Å². The molecule has 0 radical (unpaired) electrons. The fourth-order valence-corrected chi connectivity index (χ4v) is 7.16. The van der Waals surface area contributed by atoms with E-state index < -0.39 is 35.1 Å². The van der Waals surface area contributed by atoms with Gasteiger partial charge < -0.3 is 29.3 Å². The van der Waals surface area contributed by atoms with Crippen LogP contribution in [0.5, 0.6) is 5.75 Å². The molecule has 1 N–H and O–H groups in total. The first-order valence-corrected chi connectivity index (χ1v) is 14.9. The number of amides is 3. The highest BCUT2D eigenvalue weighted by Crippen LogP contribution is 2.58. The predicted octanol–water partition coefficient (Wildman–Crippen LogP) is 3.17. The lowest BCUT2D eigenvalue weighted by atomic mass is 9.74. The second-order valence-corrected chi connectivity index (χ2v) is 12.1. The van der Waals surface area contributed by atoms with Crippen LogP contribution in [0.3, 0.4) is 0 Å². The maximum atomic E-state index is 14.6. The van der Waals surface area contributed by atoms with Gasteiger partial charge in [0.2, 0.25) is 17.7 Å².